The number of hydrogen-bond acceptors (Lipinski definition) is 11. The molecule has 384 valence electrons. The van der Waals surface area contributed by atoms with Gasteiger partial charge in [0.1, 0.15) is 30.2 Å². The van der Waals surface area contributed by atoms with Gasteiger partial charge in [0.2, 0.25) is 47.3 Å². The van der Waals surface area contributed by atoms with Gasteiger partial charge in [-0.1, -0.05) is 91.3 Å². The molecule has 21 nitrogen and oxygen atoms in total. The van der Waals surface area contributed by atoms with E-state index in [9.17, 15) is 33.6 Å². The predicted molar refractivity (Wildman–Crippen MR) is 262 cm³/mol. The number of hydrogen-bond donors (Lipinski definition) is 9. The van der Waals surface area contributed by atoms with Crippen LogP contribution in [-0.2, 0) is 61.8 Å². The zero-order valence-electron chi connectivity index (χ0n) is 40.0. The van der Waals surface area contributed by atoms with E-state index >= 15 is 4.79 Å². The fourth-order valence-corrected chi connectivity index (χ4v) is 9.73. The average Bonchev–Trinajstić information content (AvgIpc) is 4.22. The molecule has 8 rings (SSSR count). The first kappa shape index (κ1) is 54.4. The molecule has 1 aromatic carbocycles. The normalized spacial score (nSPS) is 26.1. The van der Waals surface area contributed by atoms with Gasteiger partial charge in [-0.05, 0) is 56.1 Å². The van der Waals surface area contributed by atoms with Crippen LogP contribution in [0.4, 0.5) is 0 Å². The fourth-order valence-electron chi connectivity index (χ4n) is 9.73. The van der Waals surface area contributed by atoms with Gasteiger partial charge in [0, 0.05) is 55.1 Å². The number of aromatic amines is 1. The summed E-state index contributed by atoms with van der Waals surface area (Å²) >= 11 is 0. The molecule has 2 aliphatic heterocycles. The van der Waals surface area contributed by atoms with Crippen molar-refractivity contribution in [3.05, 3.63) is 96.5 Å². The van der Waals surface area contributed by atoms with Crippen LogP contribution in [0.2, 0.25) is 0 Å². The van der Waals surface area contributed by atoms with Crippen molar-refractivity contribution in [3.63, 3.8) is 0 Å². The third kappa shape index (κ3) is 14.4. The summed E-state index contributed by atoms with van der Waals surface area (Å²) in [5.74, 6) is -6.52. The van der Waals surface area contributed by atoms with Crippen LogP contribution < -0.4 is 43.8 Å². The molecule has 0 spiro atoms. The Hall–Kier alpha value is -6.90. The first-order chi connectivity index (χ1) is 34.2. The Kier molecular flexibility index (Phi) is 19.6. The van der Waals surface area contributed by atoms with Gasteiger partial charge >= 0.3 is 17.1 Å². The monoisotopic (exact) mass is 1030 g/mol. The molecular formula is C50H65FeN13O8+2. The van der Waals surface area contributed by atoms with Gasteiger partial charge in [-0.2, -0.15) is 0 Å². The smallest absolute Gasteiger partial charge is 0.370 e. The molecule has 0 unspecified atom stereocenters. The van der Waals surface area contributed by atoms with E-state index in [4.69, 9.17) is 17.2 Å². The van der Waals surface area contributed by atoms with Crippen molar-refractivity contribution in [1.29, 1.82) is 0 Å². The van der Waals surface area contributed by atoms with Crippen LogP contribution >= 0.6 is 0 Å². The summed E-state index contributed by atoms with van der Waals surface area (Å²) in [5.41, 5.74) is 19.6. The number of amides is 8. The molecular weight excluding hydrogens is 966 g/mol. The van der Waals surface area contributed by atoms with Gasteiger partial charge in [0.25, 0.3) is 0 Å². The minimum absolute atomic E-state index is 0. The standard InChI is InChI=1S/C45H59N13O8.C5H6.Fe/c46-30-20-38(60)49-17-9-8-16-32(40(48)61)51-42(63)33(18-27-22-50-31-15-7-6-14-29(27)31)53-44(65)36-19-28(58-24-35(55-56-58)25-10-4-5-11-25)23-57(36)45(66)39(26-12-2-1-3-13-26)54-43(64)34(21-37(47)59)52-41(30)62;1-2-4-5-3-1;/h4-7,10-11,14-15,22,24-26,28,30,32-34,36,39,50H,1-3,8-9,12-13,16-21,23,46H2,(H2,47,59)(H2,48,61)(H,49,60)(H,51,63)(H,52,62)(H,53,65)(H,54,64);1-4H,5H2;/q;;+2/t28-,30-,32-,33-,34-,36-,39-;;/m0../s1. The molecule has 3 fully saturated rings. The molecule has 12 N–H and O–H groups in total. The Balaban J connectivity index is 0.00000133. The van der Waals surface area contributed by atoms with E-state index in [-0.39, 0.29) is 55.3 Å². The number of carbonyl (C=O) groups excluding carboxylic acids is 8. The maximum absolute atomic E-state index is 15.2. The van der Waals surface area contributed by atoms with Crippen LogP contribution in [0.3, 0.4) is 0 Å². The van der Waals surface area contributed by atoms with E-state index in [1.165, 1.54) is 4.90 Å². The molecule has 3 aliphatic carbocycles. The SMILES string of the molecule is C1=CCC=C1.NC(=O)C[C@@H]1NC(=O)[C@@H](N)CC(=O)NCCCC[C@@H](C(N)=O)NC(=O)[C@H](Cc2c[nH]c3ccccc23)NC(=O)[C@@H]2C[C@H](n3cc(C4C=CC=C4)nn3)CN2C(=O)[C@H](C2CCCCC2)NC1=O.[Fe+2]. The van der Waals surface area contributed by atoms with Gasteiger partial charge in [-0.25, -0.2) is 4.68 Å². The summed E-state index contributed by atoms with van der Waals surface area (Å²) in [6.07, 6.45) is 24.0. The zero-order valence-corrected chi connectivity index (χ0v) is 41.1. The summed E-state index contributed by atoms with van der Waals surface area (Å²) in [4.78, 5) is 114. The van der Waals surface area contributed by atoms with Crippen molar-refractivity contribution in [2.75, 3.05) is 13.1 Å². The maximum Gasteiger partial charge on any atom is 2.00 e. The molecule has 7 atom stereocenters. The minimum Gasteiger partial charge on any atom is -0.370 e. The van der Waals surface area contributed by atoms with Crippen molar-refractivity contribution < 1.29 is 55.4 Å². The topological polar surface area (TPSA) is 325 Å². The molecule has 0 bridgehead atoms. The number of H-pyrrole nitrogens is 1. The molecule has 72 heavy (non-hydrogen) atoms. The first-order valence-corrected chi connectivity index (χ1v) is 24.5. The number of fused-ring (bicyclic) bond motifs is 2. The number of benzene rings is 1. The van der Waals surface area contributed by atoms with E-state index in [1.807, 2.05) is 48.6 Å². The largest absolute Gasteiger partial charge is 2.00 e. The molecule has 0 radical (unpaired) electrons. The van der Waals surface area contributed by atoms with Crippen LogP contribution in [0.25, 0.3) is 10.9 Å². The van der Waals surface area contributed by atoms with Crippen LogP contribution in [-0.4, -0.2) is 121 Å². The van der Waals surface area contributed by atoms with Gasteiger partial charge < -0.3 is 53.7 Å². The molecule has 5 aliphatic rings. The number of aromatic nitrogens is 4. The second-order valence-corrected chi connectivity index (χ2v) is 18.8. The van der Waals surface area contributed by atoms with Crippen molar-refractivity contribution in [1.82, 2.24) is 51.5 Å². The summed E-state index contributed by atoms with van der Waals surface area (Å²) in [6.45, 7) is 0.106. The van der Waals surface area contributed by atoms with Gasteiger partial charge in [-0.15, -0.1) is 5.10 Å². The van der Waals surface area contributed by atoms with Crippen LogP contribution in [0, 0.1) is 5.92 Å². The van der Waals surface area contributed by atoms with E-state index in [1.54, 1.807) is 17.1 Å². The third-order valence-electron chi connectivity index (χ3n) is 13.6. The number of para-hydroxylation sites is 1. The number of nitrogens with zero attached hydrogens (tertiary/aromatic N) is 4. The summed E-state index contributed by atoms with van der Waals surface area (Å²) in [5, 5.41) is 23.2. The minimum atomic E-state index is -1.55. The quantitative estimate of drug-likeness (QED) is 0.142. The number of primary amides is 2. The average molecular weight is 1030 g/mol. The molecule has 4 heterocycles. The predicted octanol–water partition coefficient (Wildman–Crippen LogP) is 0.751. The molecule has 2 aromatic heterocycles. The van der Waals surface area contributed by atoms with Gasteiger partial charge in [0.05, 0.1) is 30.6 Å². The zero-order chi connectivity index (χ0) is 50.4. The molecule has 3 aromatic rings. The third-order valence-corrected chi connectivity index (χ3v) is 13.6. The maximum atomic E-state index is 15.2. The number of nitrogens with one attached hydrogen (secondary N) is 6. The molecule has 22 heteroatoms. The van der Waals surface area contributed by atoms with Gasteiger partial charge in [0.15, 0.2) is 0 Å². The number of nitrogens with two attached hydrogens (primary N) is 3. The Labute approximate surface area is 427 Å². The fraction of sp³-hybridized carbons (Fsp3) is 0.480. The second-order valence-electron chi connectivity index (χ2n) is 18.8. The Bertz CT molecular complexity index is 2540. The molecule has 8 amide bonds. The van der Waals surface area contributed by atoms with Crippen molar-refractivity contribution in [2.45, 2.75) is 132 Å². The Morgan fingerprint density at radius 3 is 2.17 bits per heavy atom. The van der Waals surface area contributed by atoms with Crippen LogP contribution in [0.1, 0.15) is 100 Å². The summed E-state index contributed by atoms with van der Waals surface area (Å²) in [7, 11) is 0. The van der Waals surface area contributed by atoms with Crippen molar-refractivity contribution in [3.8, 4) is 0 Å². The van der Waals surface area contributed by atoms with Crippen LogP contribution in [0.5, 0.6) is 0 Å². The van der Waals surface area contributed by atoms with E-state index < -0.39 is 108 Å². The Morgan fingerprint density at radius 2 is 1.47 bits per heavy atom. The van der Waals surface area contributed by atoms with Crippen LogP contribution in [0.15, 0.2) is 85.3 Å². The van der Waals surface area contributed by atoms with Crippen molar-refractivity contribution >= 4 is 58.2 Å². The van der Waals surface area contributed by atoms with E-state index in [2.05, 4.69) is 66.2 Å². The van der Waals surface area contributed by atoms with Gasteiger partial charge in [-0.3, -0.25) is 38.4 Å². The second kappa shape index (κ2) is 26.0. The van der Waals surface area contributed by atoms with E-state index in [0.29, 0.717) is 36.9 Å². The molecule has 2 saturated heterocycles. The Morgan fingerprint density at radius 1 is 0.778 bits per heavy atom. The summed E-state index contributed by atoms with van der Waals surface area (Å²) in [6, 6.07) is -0.890. The number of allylic oxidation sites excluding steroid dienone is 8. The van der Waals surface area contributed by atoms with Crippen molar-refractivity contribution in [2.24, 2.45) is 23.1 Å². The number of rotatable bonds is 8. The molecule has 1 saturated carbocycles. The first-order valence-electron chi connectivity index (χ1n) is 24.5. The summed E-state index contributed by atoms with van der Waals surface area (Å²) < 4.78 is 1.61. The van der Waals surface area contributed by atoms with E-state index in [0.717, 1.165) is 36.6 Å². The number of carbonyl (C=O) groups is 8.